The molecule has 2 heterocycles. The minimum absolute atomic E-state index is 0.300. The van der Waals surface area contributed by atoms with Crippen LogP contribution in [0.25, 0.3) is 88.8 Å². The first-order valence-electron chi connectivity index (χ1n) is 16.4. The molecule has 0 bridgehead atoms. The molecular formula is C44H29N3O. The summed E-state index contributed by atoms with van der Waals surface area (Å²) >= 11 is 0. The molecular weight excluding hydrogens is 587 g/mol. The van der Waals surface area contributed by atoms with Crippen molar-refractivity contribution in [2.75, 3.05) is 0 Å². The highest BCUT2D eigenvalue weighted by Gasteiger charge is 2.41. The minimum atomic E-state index is -0.300. The molecule has 0 amide bonds. The van der Waals surface area contributed by atoms with E-state index in [1.165, 1.54) is 38.4 Å². The molecule has 1 aliphatic carbocycles. The van der Waals surface area contributed by atoms with Gasteiger partial charge in [-0.3, -0.25) is 0 Å². The molecule has 1 aliphatic rings. The van der Waals surface area contributed by atoms with Gasteiger partial charge >= 0.3 is 0 Å². The molecule has 0 saturated carbocycles. The number of hydrogen-bond acceptors (Lipinski definition) is 4. The van der Waals surface area contributed by atoms with Crippen LogP contribution in [-0.4, -0.2) is 15.0 Å². The van der Waals surface area contributed by atoms with Crippen molar-refractivity contribution in [2.45, 2.75) is 19.3 Å². The predicted molar refractivity (Wildman–Crippen MR) is 196 cm³/mol. The van der Waals surface area contributed by atoms with E-state index in [9.17, 15) is 0 Å². The third-order valence-electron chi connectivity index (χ3n) is 10.1. The second kappa shape index (κ2) is 9.93. The molecule has 48 heavy (non-hydrogen) atoms. The van der Waals surface area contributed by atoms with Crippen molar-refractivity contribution in [3.8, 4) is 45.3 Å². The Labute approximate surface area is 277 Å². The fourth-order valence-corrected chi connectivity index (χ4v) is 7.86. The van der Waals surface area contributed by atoms with Gasteiger partial charge in [0, 0.05) is 38.3 Å². The number of furan rings is 1. The SMILES string of the molecule is CC1(C)c2cccc(-c3nc(-c4ccccc4)nc(-c4ccc5ccccc5c4)n3)c2-c2c1c1c3ccccc3oc1c1ccccc21. The molecule has 7 aromatic carbocycles. The van der Waals surface area contributed by atoms with Gasteiger partial charge in [-0.15, -0.1) is 0 Å². The number of aromatic nitrogens is 3. The summed E-state index contributed by atoms with van der Waals surface area (Å²) in [5.74, 6) is 1.97. The van der Waals surface area contributed by atoms with Gasteiger partial charge < -0.3 is 4.42 Å². The summed E-state index contributed by atoms with van der Waals surface area (Å²) in [6.45, 7) is 4.67. The van der Waals surface area contributed by atoms with Crippen LogP contribution in [0.15, 0.2) is 144 Å². The molecule has 4 nitrogen and oxygen atoms in total. The standard InChI is InChI=1S/C44H29N3O/c1-44(2)34-21-12-20-33(36(34)37-30-17-8-9-18-31(30)40-38(39(37)44)32-19-10-11-22-35(32)48-40)43-46-41(27-14-4-3-5-15-27)45-42(47-43)29-24-23-26-13-6-7-16-28(26)25-29/h3-25H,1-2H3. The number of benzene rings is 7. The Morgan fingerprint density at radius 3 is 2.00 bits per heavy atom. The van der Waals surface area contributed by atoms with Crippen molar-refractivity contribution in [2.24, 2.45) is 0 Å². The molecule has 0 spiro atoms. The number of hydrogen-bond donors (Lipinski definition) is 0. The Balaban J connectivity index is 1.30. The molecule has 0 aliphatic heterocycles. The molecule has 226 valence electrons. The first kappa shape index (κ1) is 27.0. The van der Waals surface area contributed by atoms with Crippen LogP contribution in [0.2, 0.25) is 0 Å². The van der Waals surface area contributed by atoms with E-state index in [-0.39, 0.29) is 5.41 Å². The maximum absolute atomic E-state index is 6.63. The van der Waals surface area contributed by atoms with E-state index in [4.69, 9.17) is 19.4 Å². The third kappa shape index (κ3) is 3.80. The second-order valence-corrected chi connectivity index (χ2v) is 13.2. The summed E-state index contributed by atoms with van der Waals surface area (Å²) in [7, 11) is 0. The van der Waals surface area contributed by atoms with Crippen molar-refractivity contribution in [1.29, 1.82) is 0 Å². The highest BCUT2D eigenvalue weighted by molar-refractivity contribution is 6.24. The van der Waals surface area contributed by atoms with Crippen molar-refractivity contribution < 1.29 is 4.42 Å². The van der Waals surface area contributed by atoms with Crippen molar-refractivity contribution >= 4 is 43.5 Å². The van der Waals surface area contributed by atoms with E-state index in [0.717, 1.165) is 44.0 Å². The van der Waals surface area contributed by atoms with Crippen molar-refractivity contribution in [3.05, 3.63) is 151 Å². The molecule has 9 aromatic rings. The summed E-state index contributed by atoms with van der Waals surface area (Å²) in [6.07, 6.45) is 0. The summed E-state index contributed by atoms with van der Waals surface area (Å²) in [5, 5.41) is 6.94. The van der Waals surface area contributed by atoms with Crippen molar-refractivity contribution in [1.82, 2.24) is 15.0 Å². The predicted octanol–water partition coefficient (Wildman–Crippen LogP) is 11.4. The first-order chi connectivity index (χ1) is 23.6. The van der Waals surface area contributed by atoms with Gasteiger partial charge in [-0.2, -0.15) is 0 Å². The summed E-state index contributed by atoms with van der Waals surface area (Å²) in [6, 6.07) is 48.6. The van der Waals surface area contributed by atoms with Crippen LogP contribution in [0.1, 0.15) is 25.0 Å². The number of para-hydroxylation sites is 1. The zero-order valence-electron chi connectivity index (χ0n) is 26.5. The molecule has 0 N–H and O–H groups in total. The molecule has 0 fully saturated rings. The monoisotopic (exact) mass is 615 g/mol. The highest BCUT2D eigenvalue weighted by Crippen LogP contribution is 2.58. The second-order valence-electron chi connectivity index (χ2n) is 13.2. The lowest BCUT2D eigenvalue weighted by atomic mass is 9.79. The normalized spacial score (nSPS) is 13.4. The average Bonchev–Trinajstić information content (AvgIpc) is 3.64. The van der Waals surface area contributed by atoms with Gasteiger partial charge in [-0.1, -0.05) is 141 Å². The maximum Gasteiger partial charge on any atom is 0.164 e. The Hall–Kier alpha value is -6.13. The van der Waals surface area contributed by atoms with Crippen LogP contribution in [0.4, 0.5) is 0 Å². The lowest BCUT2D eigenvalue weighted by Gasteiger charge is -2.23. The van der Waals surface area contributed by atoms with Gasteiger partial charge in [0.1, 0.15) is 11.2 Å². The average molecular weight is 616 g/mol. The first-order valence-corrected chi connectivity index (χ1v) is 16.4. The minimum Gasteiger partial charge on any atom is -0.455 e. The zero-order chi connectivity index (χ0) is 32.0. The van der Waals surface area contributed by atoms with E-state index in [0.29, 0.717) is 17.5 Å². The molecule has 0 saturated heterocycles. The third-order valence-corrected chi connectivity index (χ3v) is 10.1. The quantitative estimate of drug-likeness (QED) is 0.198. The lowest BCUT2D eigenvalue weighted by Crippen LogP contribution is -2.15. The Bertz CT molecular complexity index is 2760. The van der Waals surface area contributed by atoms with E-state index in [2.05, 4.69) is 129 Å². The molecule has 0 atom stereocenters. The summed E-state index contributed by atoms with van der Waals surface area (Å²) in [5.41, 5.74) is 9.41. The van der Waals surface area contributed by atoms with Gasteiger partial charge in [-0.25, -0.2) is 15.0 Å². The Kier molecular flexibility index (Phi) is 5.59. The number of nitrogens with zero attached hydrogens (tertiary/aromatic N) is 3. The van der Waals surface area contributed by atoms with Crippen LogP contribution in [-0.2, 0) is 5.41 Å². The maximum atomic E-state index is 6.63. The van der Waals surface area contributed by atoms with Gasteiger partial charge in [0.05, 0.1) is 0 Å². The van der Waals surface area contributed by atoms with Gasteiger partial charge in [-0.05, 0) is 50.5 Å². The molecule has 2 aromatic heterocycles. The Morgan fingerprint density at radius 2 is 1.17 bits per heavy atom. The molecule has 4 heteroatoms. The highest BCUT2D eigenvalue weighted by atomic mass is 16.3. The van der Waals surface area contributed by atoms with Gasteiger partial charge in [0.15, 0.2) is 17.5 Å². The Morgan fingerprint density at radius 1 is 0.500 bits per heavy atom. The van der Waals surface area contributed by atoms with Crippen LogP contribution in [0, 0.1) is 0 Å². The van der Waals surface area contributed by atoms with Crippen LogP contribution >= 0.6 is 0 Å². The fourth-order valence-electron chi connectivity index (χ4n) is 7.86. The van der Waals surface area contributed by atoms with Crippen molar-refractivity contribution in [3.63, 3.8) is 0 Å². The van der Waals surface area contributed by atoms with E-state index in [1.807, 2.05) is 24.3 Å². The summed E-state index contributed by atoms with van der Waals surface area (Å²) in [4.78, 5) is 15.5. The molecule has 10 rings (SSSR count). The van der Waals surface area contributed by atoms with Crippen LogP contribution in [0.3, 0.4) is 0 Å². The van der Waals surface area contributed by atoms with E-state index < -0.39 is 0 Å². The molecule has 0 radical (unpaired) electrons. The molecule has 0 unspecified atom stereocenters. The van der Waals surface area contributed by atoms with Gasteiger partial charge in [0.25, 0.3) is 0 Å². The van der Waals surface area contributed by atoms with Gasteiger partial charge in [0.2, 0.25) is 0 Å². The van der Waals surface area contributed by atoms with Crippen LogP contribution in [0.5, 0.6) is 0 Å². The number of fused-ring (bicyclic) bond motifs is 11. The zero-order valence-corrected chi connectivity index (χ0v) is 26.5. The summed E-state index contributed by atoms with van der Waals surface area (Å²) < 4.78 is 6.63. The van der Waals surface area contributed by atoms with Crippen LogP contribution < -0.4 is 0 Å². The number of rotatable bonds is 3. The smallest absolute Gasteiger partial charge is 0.164 e. The largest absolute Gasteiger partial charge is 0.455 e. The fraction of sp³-hybridized carbons (Fsp3) is 0.0682. The van der Waals surface area contributed by atoms with E-state index >= 15 is 0 Å². The topological polar surface area (TPSA) is 51.8 Å². The lowest BCUT2D eigenvalue weighted by molar-refractivity contribution is 0.659. The van der Waals surface area contributed by atoms with E-state index in [1.54, 1.807) is 0 Å².